The molecule has 32 heavy (non-hydrogen) atoms. The van der Waals surface area contributed by atoms with Crippen molar-refractivity contribution in [3.8, 4) is 0 Å². The largest absolute Gasteiger partial charge is 0.362 e. The standard InChI is InChI=1S/C23H26N4O4S/c1-26-15-4-5-21(26)25-32(30,31)20-13-9-18(10-14-20)24-23(29)17-7-11-19(12-8-17)27-16-3-2-6-22(27)28/h7-14H,2-6,15-16H2,1H3,(H,24,29)/b25-21+. The van der Waals surface area contributed by atoms with Gasteiger partial charge in [-0.2, -0.15) is 8.42 Å². The average molecular weight is 455 g/mol. The second kappa shape index (κ2) is 9.12. The summed E-state index contributed by atoms with van der Waals surface area (Å²) in [6.45, 7) is 1.50. The zero-order chi connectivity index (χ0) is 22.7. The maximum Gasteiger partial charge on any atom is 0.283 e. The third kappa shape index (κ3) is 4.83. The second-order valence-corrected chi connectivity index (χ2v) is 9.64. The molecule has 0 spiro atoms. The minimum Gasteiger partial charge on any atom is -0.362 e. The van der Waals surface area contributed by atoms with Crippen LogP contribution in [0.3, 0.4) is 0 Å². The molecular formula is C23H26N4O4S. The predicted octanol–water partition coefficient (Wildman–Crippen LogP) is 3.27. The first-order chi connectivity index (χ1) is 15.3. The number of amides is 2. The number of sulfonamides is 1. The first-order valence-electron chi connectivity index (χ1n) is 10.7. The van der Waals surface area contributed by atoms with E-state index in [1.807, 2.05) is 11.9 Å². The number of piperidine rings is 1. The molecule has 0 atom stereocenters. The van der Waals surface area contributed by atoms with Crippen LogP contribution in [-0.4, -0.2) is 51.1 Å². The summed E-state index contributed by atoms with van der Waals surface area (Å²) in [5.74, 6) is 0.357. The smallest absolute Gasteiger partial charge is 0.283 e. The fourth-order valence-electron chi connectivity index (χ4n) is 3.89. The van der Waals surface area contributed by atoms with E-state index in [-0.39, 0.29) is 16.7 Å². The lowest BCUT2D eigenvalue weighted by Crippen LogP contribution is -2.35. The van der Waals surface area contributed by atoms with Crippen LogP contribution >= 0.6 is 0 Å². The van der Waals surface area contributed by atoms with Crippen molar-refractivity contribution in [2.24, 2.45) is 4.40 Å². The molecule has 1 N–H and O–H groups in total. The number of hydrogen-bond donors (Lipinski definition) is 1. The summed E-state index contributed by atoms with van der Waals surface area (Å²) in [7, 11) is -1.96. The first kappa shape index (κ1) is 22.0. The number of carbonyl (C=O) groups excluding carboxylic acids is 2. The van der Waals surface area contributed by atoms with E-state index in [9.17, 15) is 18.0 Å². The van der Waals surface area contributed by atoms with Gasteiger partial charge in [-0.25, -0.2) is 0 Å². The van der Waals surface area contributed by atoms with Crippen LogP contribution < -0.4 is 10.2 Å². The van der Waals surface area contributed by atoms with Gasteiger partial charge in [-0.05, 0) is 67.8 Å². The molecule has 0 radical (unpaired) electrons. The quantitative estimate of drug-likeness (QED) is 0.748. The molecule has 9 heteroatoms. The molecule has 2 aromatic rings. The van der Waals surface area contributed by atoms with E-state index in [0.717, 1.165) is 31.5 Å². The molecule has 0 unspecified atom stereocenters. The fourth-order valence-corrected chi connectivity index (χ4v) is 4.98. The minimum absolute atomic E-state index is 0.0823. The summed E-state index contributed by atoms with van der Waals surface area (Å²) < 4.78 is 29.0. The van der Waals surface area contributed by atoms with E-state index in [1.165, 1.54) is 12.1 Å². The Morgan fingerprint density at radius 1 is 0.938 bits per heavy atom. The third-order valence-electron chi connectivity index (χ3n) is 5.73. The van der Waals surface area contributed by atoms with Crippen LogP contribution in [0.4, 0.5) is 11.4 Å². The van der Waals surface area contributed by atoms with Gasteiger partial charge in [0, 0.05) is 49.9 Å². The van der Waals surface area contributed by atoms with E-state index in [0.29, 0.717) is 36.5 Å². The van der Waals surface area contributed by atoms with Crippen molar-refractivity contribution in [2.45, 2.75) is 37.0 Å². The van der Waals surface area contributed by atoms with E-state index >= 15 is 0 Å². The highest BCUT2D eigenvalue weighted by Gasteiger charge is 2.21. The van der Waals surface area contributed by atoms with Gasteiger partial charge in [0.25, 0.3) is 15.9 Å². The van der Waals surface area contributed by atoms with Crippen molar-refractivity contribution < 1.29 is 18.0 Å². The highest BCUT2D eigenvalue weighted by atomic mass is 32.2. The first-order valence-corrected chi connectivity index (χ1v) is 12.1. The van der Waals surface area contributed by atoms with Crippen LogP contribution in [0, 0.1) is 0 Å². The number of anilines is 2. The lowest BCUT2D eigenvalue weighted by molar-refractivity contribution is -0.119. The van der Waals surface area contributed by atoms with Crippen molar-refractivity contribution in [1.82, 2.24) is 4.90 Å². The van der Waals surface area contributed by atoms with Gasteiger partial charge in [0.05, 0.1) is 4.90 Å². The highest BCUT2D eigenvalue weighted by Crippen LogP contribution is 2.22. The number of nitrogens with one attached hydrogen (secondary N) is 1. The Balaban J connectivity index is 1.42. The molecule has 2 aliphatic rings. The molecule has 8 nitrogen and oxygen atoms in total. The van der Waals surface area contributed by atoms with Crippen LogP contribution in [0.25, 0.3) is 0 Å². The molecule has 2 aliphatic heterocycles. The Labute approximate surface area is 188 Å². The Kier molecular flexibility index (Phi) is 6.27. The van der Waals surface area contributed by atoms with Crippen LogP contribution in [0.5, 0.6) is 0 Å². The Morgan fingerprint density at radius 3 is 2.28 bits per heavy atom. The van der Waals surface area contributed by atoms with Gasteiger partial charge < -0.3 is 15.1 Å². The van der Waals surface area contributed by atoms with Crippen LogP contribution in [-0.2, 0) is 14.8 Å². The maximum atomic E-state index is 12.6. The van der Waals surface area contributed by atoms with Crippen molar-refractivity contribution >= 4 is 39.0 Å². The molecular weight excluding hydrogens is 428 g/mol. The Hall–Kier alpha value is -3.20. The summed E-state index contributed by atoms with van der Waals surface area (Å²) >= 11 is 0. The van der Waals surface area contributed by atoms with Crippen LogP contribution in [0.2, 0.25) is 0 Å². The van der Waals surface area contributed by atoms with Gasteiger partial charge >= 0.3 is 0 Å². The number of benzene rings is 2. The lowest BCUT2D eigenvalue weighted by atomic mass is 10.1. The van der Waals surface area contributed by atoms with Gasteiger partial charge in [0.15, 0.2) is 0 Å². The second-order valence-electron chi connectivity index (χ2n) is 8.04. The summed E-state index contributed by atoms with van der Waals surface area (Å²) in [5, 5.41) is 2.77. The Morgan fingerprint density at radius 2 is 1.66 bits per heavy atom. The lowest BCUT2D eigenvalue weighted by Gasteiger charge is -2.26. The number of carbonyl (C=O) groups is 2. The normalized spacial score (nSPS) is 18.3. The van der Waals surface area contributed by atoms with Gasteiger partial charge in [-0.1, -0.05) is 0 Å². The van der Waals surface area contributed by atoms with Gasteiger partial charge in [0.1, 0.15) is 5.84 Å². The van der Waals surface area contributed by atoms with E-state index < -0.39 is 10.0 Å². The maximum absolute atomic E-state index is 12.6. The van der Waals surface area contributed by atoms with E-state index in [4.69, 9.17) is 0 Å². The molecule has 2 fully saturated rings. The Bertz CT molecular complexity index is 1140. The zero-order valence-electron chi connectivity index (χ0n) is 18.0. The molecule has 0 saturated carbocycles. The number of hydrogen-bond acceptors (Lipinski definition) is 4. The average Bonchev–Trinajstić information content (AvgIpc) is 3.18. The molecule has 0 aromatic heterocycles. The number of likely N-dealkylation sites (tertiary alicyclic amines) is 1. The molecule has 2 amide bonds. The topological polar surface area (TPSA) is 99.2 Å². The molecule has 4 rings (SSSR count). The minimum atomic E-state index is -3.79. The van der Waals surface area contributed by atoms with E-state index in [1.54, 1.807) is 41.3 Å². The van der Waals surface area contributed by atoms with Crippen molar-refractivity contribution in [3.05, 3.63) is 54.1 Å². The SMILES string of the molecule is CN1CCC/C1=N\S(=O)(=O)c1ccc(NC(=O)c2ccc(N3CCCCC3=O)cc2)cc1. The van der Waals surface area contributed by atoms with Crippen LogP contribution in [0.15, 0.2) is 57.8 Å². The monoisotopic (exact) mass is 454 g/mol. The van der Waals surface area contributed by atoms with Crippen molar-refractivity contribution in [3.63, 3.8) is 0 Å². The molecule has 2 heterocycles. The van der Waals surface area contributed by atoms with Gasteiger partial charge in [0.2, 0.25) is 5.91 Å². The molecule has 168 valence electrons. The number of amidine groups is 1. The summed E-state index contributed by atoms with van der Waals surface area (Å²) in [5.41, 5.74) is 1.72. The molecule has 0 bridgehead atoms. The fraction of sp³-hybridized carbons (Fsp3) is 0.348. The van der Waals surface area contributed by atoms with Gasteiger partial charge in [-0.3, -0.25) is 9.59 Å². The summed E-state index contributed by atoms with van der Waals surface area (Å²) in [4.78, 5) is 28.3. The van der Waals surface area contributed by atoms with Crippen LogP contribution in [0.1, 0.15) is 42.5 Å². The highest BCUT2D eigenvalue weighted by molar-refractivity contribution is 7.90. The molecule has 0 aliphatic carbocycles. The number of rotatable bonds is 5. The zero-order valence-corrected chi connectivity index (χ0v) is 18.8. The predicted molar refractivity (Wildman–Crippen MR) is 124 cm³/mol. The summed E-state index contributed by atoms with van der Waals surface area (Å²) in [6.07, 6.45) is 3.99. The third-order valence-corrected chi connectivity index (χ3v) is 7.05. The molecule has 2 saturated heterocycles. The number of nitrogens with zero attached hydrogens (tertiary/aromatic N) is 3. The molecule has 2 aromatic carbocycles. The van der Waals surface area contributed by atoms with Gasteiger partial charge in [-0.15, -0.1) is 4.40 Å². The van der Waals surface area contributed by atoms with E-state index in [2.05, 4.69) is 9.71 Å². The summed E-state index contributed by atoms with van der Waals surface area (Å²) in [6, 6.07) is 12.9. The van der Waals surface area contributed by atoms with Crippen molar-refractivity contribution in [2.75, 3.05) is 30.4 Å². The van der Waals surface area contributed by atoms with Crippen molar-refractivity contribution in [1.29, 1.82) is 0 Å².